The summed E-state index contributed by atoms with van der Waals surface area (Å²) in [5, 5.41) is 0.612. The molecular weight excluding hydrogens is 406 g/mol. The number of piperazine rings is 1. The third kappa shape index (κ3) is 4.15. The number of hydrogen-bond acceptors (Lipinski definition) is 7. The molecule has 9 nitrogen and oxygen atoms in total. The molecule has 3 aromatic heterocycles. The minimum atomic E-state index is -0.171. The summed E-state index contributed by atoms with van der Waals surface area (Å²) in [5.41, 5.74) is 1.90. The number of aromatic amines is 2. The number of aromatic nitrogens is 5. The van der Waals surface area contributed by atoms with Crippen LogP contribution in [0.5, 0.6) is 0 Å². The fraction of sp³-hybridized carbons (Fsp3) is 0.261. The highest BCUT2D eigenvalue weighted by molar-refractivity contribution is 5.77. The molecule has 162 valence electrons. The number of hydrogen-bond donors (Lipinski definition) is 2. The monoisotopic (exact) mass is 429 g/mol. The lowest BCUT2D eigenvalue weighted by Gasteiger charge is -2.35. The number of nitrogens with one attached hydrogen (secondary N) is 2. The number of nitrogens with zero attached hydrogens (tertiary/aromatic N) is 5. The van der Waals surface area contributed by atoms with Crippen molar-refractivity contribution >= 4 is 16.7 Å². The molecule has 5 rings (SSSR count). The van der Waals surface area contributed by atoms with Gasteiger partial charge in [-0.15, -0.1) is 0 Å². The Balaban J connectivity index is 1.24. The Morgan fingerprint density at radius 2 is 1.78 bits per heavy atom. The van der Waals surface area contributed by atoms with Crippen molar-refractivity contribution in [2.75, 3.05) is 31.1 Å². The SMILES string of the molecule is Cc1cc(=O)[nH]c(-c2ccc(N3CCN(Cc4nc5ccccc5c(=O)[nH]4)CC3)nc2)n1. The summed E-state index contributed by atoms with van der Waals surface area (Å²) >= 11 is 0. The molecule has 0 saturated carbocycles. The molecule has 1 aliphatic heterocycles. The summed E-state index contributed by atoms with van der Waals surface area (Å²) < 4.78 is 0. The van der Waals surface area contributed by atoms with Gasteiger partial charge in [-0.25, -0.2) is 15.0 Å². The lowest BCUT2D eigenvalue weighted by Crippen LogP contribution is -2.46. The molecule has 32 heavy (non-hydrogen) atoms. The molecule has 0 aliphatic carbocycles. The first-order valence-electron chi connectivity index (χ1n) is 10.5. The molecule has 0 bridgehead atoms. The van der Waals surface area contributed by atoms with Crippen LogP contribution in [-0.2, 0) is 6.54 Å². The van der Waals surface area contributed by atoms with Gasteiger partial charge in [0, 0.05) is 49.7 Å². The maximum atomic E-state index is 12.3. The number of H-pyrrole nitrogens is 2. The van der Waals surface area contributed by atoms with E-state index in [1.54, 1.807) is 19.2 Å². The third-order valence-corrected chi connectivity index (χ3v) is 5.62. The molecular formula is C23H23N7O2. The van der Waals surface area contributed by atoms with Gasteiger partial charge in [-0.2, -0.15) is 0 Å². The average molecular weight is 429 g/mol. The zero-order chi connectivity index (χ0) is 22.1. The maximum Gasteiger partial charge on any atom is 0.258 e. The van der Waals surface area contributed by atoms with Crippen LogP contribution < -0.4 is 16.0 Å². The minimum Gasteiger partial charge on any atom is -0.354 e. The standard InChI is InChI=1S/C23H23N7O2/c1-15-12-21(31)28-22(25-15)16-6-7-20(24-13-16)30-10-8-29(9-11-30)14-19-26-18-5-3-2-4-17(18)23(32)27-19/h2-7,12-13H,8-11,14H2,1H3,(H,25,28,31)(H,26,27,32). The van der Waals surface area contributed by atoms with Gasteiger partial charge >= 0.3 is 0 Å². The lowest BCUT2D eigenvalue weighted by atomic mass is 10.2. The Morgan fingerprint density at radius 1 is 0.969 bits per heavy atom. The predicted molar refractivity (Wildman–Crippen MR) is 123 cm³/mol. The van der Waals surface area contributed by atoms with Gasteiger partial charge in [0.05, 0.1) is 17.4 Å². The second-order valence-corrected chi connectivity index (χ2v) is 7.93. The highest BCUT2D eigenvalue weighted by Gasteiger charge is 2.19. The van der Waals surface area contributed by atoms with E-state index in [9.17, 15) is 9.59 Å². The van der Waals surface area contributed by atoms with Crippen LogP contribution in [0.2, 0.25) is 0 Å². The number of pyridine rings is 1. The highest BCUT2D eigenvalue weighted by Crippen LogP contribution is 2.19. The topological polar surface area (TPSA) is 111 Å². The summed E-state index contributed by atoms with van der Waals surface area (Å²) in [7, 11) is 0. The zero-order valence-corrected chi connectivity index (χ0v) is 17.7. The van der Waals surface area contributed by atoms with Crippen LogP contribution in [0.1, 0.15) is 11.5 Å². The first-order chi connectivity index (χ1) is 15.5. The molecule has 0 unspecified atom stereocenters. The molecule has 1 saturated heterocycles. The summed E-state index contributed by atoms with van der Waals surface area (Å²) in [4.78, 5) is 47.7. The molecule has 0 spiro atoms. The lowest BCUT2D eigenvalue weighted by molar-refractivity contribution is 0.243. The van der Waals surface area contributed by atoms with Crippen LogP contribution in [0.4, 0.5) is 5.82 Å². The molecule has 0 atom stereocenters. The van der Waals surface area contributed by atoms with Gasteiger partial charge in [-0.3, -0.25) is 14.5 Å². The summed E-state index contributed by atoms with van der Waals surface area (Å²) in [6.07, 6.45) is 1.74. The van der Waals surface area contributed by atoms with E-state index in [0.717, 1.165) is 43.1 Å². The molecule has 1 fully saturated rings. The Morgan fingerprint density at radius 3 is 2.53 bits per heavy atom. The van der Waals surface area contributed by atoms with Crippen LogP contribution in [0.15, 0.2) is 58.3 Å². The van der Waals surface area contributed by atoms with Gasteiger partial charge in [0.25, 0.3) is 11.1 Å². The van der Waals surface area contributed by atoms with Crippen molar-refractivity contribution in [1.82, 2.24) is 29.8 Å². The van der Waals surface area contributed by atoms with Crippen molar-refractivity contribution in [3.05, 3.63) is 80.9 Å². The van der Waals surface area contributed by atoms with E-state index in [-0.39, 0.29) is 11.1 Å². The number of rotatable bonds is 4. The first-order valence-corrected chi connectivity index (χ1v) is 10.5. The van der Waals surface area contributed by atoms with Crippen molar-refractivity contribution < 1.29 is 0 Å². The van der Waals surface area contributed by atoms with Crippen LogP contribution >= 0.6 is 0 Å². The first kappa shape index (κ1) is 20.1. The third-order valence-electron chi connectivity index (χ3n) is 5.62. The van der Waals surface area contributed by atoms with Crippen molar-refractivity contribution in [1.29, 1.82) is 0 Å². The molecule has 4 heterocycles. The van der Waals surface area contributed by atoms with Crippen molar-refractivity contribution in [3.8, 4) is 11.4 Å². The van der Waals surface area contributed by atoms with Crippen molar-refractivity contribution in [3.63, 3.8) is 0 Å². The Kier molecular flexibility index (Phi) is 5.24. The van der Waals surface area contributed by atoms with E-state index >= 15 is 0 Å². The van der Waals surface area contributed by atoms with E-state index in [1.165, 1.54) is 6.07 Å². The Bertz CT molecular complexity index is 1370. The summed E-state index contributed by atoms with van der Waals surface area (Å²) in [5.74, 6) is 2.10. The minimum absolute atomic E-state index is 0.0991. The van der Waals surface area contributed by atoms with E-state index in [0.29, 0.717) is 29.3 Å². The van der Waals surface area contributed by atoms with Gasteiger partial charge in [0.15, 0.2) is 0 Å². The van der Waals surface area contributed by atoms with E-state index in [4.69, 9.17) is 0 Å². The molecule has 0 amide bonds. The second kappa shape index (κ2) is 8.35. The smallest absolute Gasteiger partial charge is 0.258 e. The van der Waals surface area contributed by atoms with E-state index in [2.05, 4.69) is 34.7 Å². The molecule has 1 aliphatic rings. The van der Waals surface area contributed by atoms with Crippen LogP contribution in [0, 0.1) is 6.92 Å². The maximum absolute atomic E-state index is 12.3. The predicted octanol–water partition coefficient (Wildman–Crippen LogP) is 1.70. The van der Waals surface area contributed by atoms with Crippen molar-refractivity contribution in [2.24, 2.45) is 0 Å². The van der Waals surface area contributed by atoms with Crippen LogP contribution in [0.3, 0.4) is 0 Å². The second-order valence-electron chi connectivity index (χ2n) is 7.93. The zero-order valence-electron chi connectivity index (χ0n) is 17.7. The van der Waals surface area contributed by atoms with Gasteiger partial charge in [-0.05, 0) is 31.2 Å². The van der Waals surface area contributed by atoms with Crippen LogP contribution in [-0.4, -0.2) is 56.0 Å². The van der Waals surface area contributed by atoms with Gasteiger partial charge in [-0.1, -0.05) is 12.1 Å². The molecule has 1 aromatic carbocycles. The molecule has 9 heteroatoms. The number of fused-ring (bicyclic) bond motifs is 1. The number of benzene rings is 1. The average Bonchev–Trinajstić information content (AvgIpc) is 2.79. The number of aryl methyl sites for hydroxylation is 1. The quantitative estimate of drug-likeness (QED) is 0.508. The normalized spacial score (nSPS) is 14.7. The van der Waals surface area contributed by atoms with Gasteiger partial charge in [0.2, 0.25) is 0 Å². The highest BCUT2D eigenvalue weighted by atomic mass is 16.1. The molecule has 0 radical (unpaired) electrons. The van der Waals surface area contributed by atoms with Gasteiger partial charge in [0.1, 0.15) is 17.5 Å². The summed E-state index contributed by atoms with van der Waals surface area (Å²) in [6.45, 7) is 5.72. The molecule has 2 N–H and O–H groups in total. The van der Waals surface area contributed by atoms with Crippen LogP contribution in [0.25, 0.3) is 22.3 Å². The van der Waals surface area contributed by atoms with Crippen molar-refractivity contribution in [2.45, 2.75) is 13.5 Å². The summed E-state index contributed by atoms with van der Waals surface area (Å²) in [6, 6.07) is 12.7. The van der Waals surface area contributed by atoms with E-state index in [1.807, 2.05) is 30.3 Å². The largest absolute Gasteiger partial charge is 0.354 e. The van der Waals surface area contributed by atoms with Gasteiger partial charge < -0.3 is 14.9 Å². The fourth-order valence-electron chi connectivity index (χ4n) is 3.99. The fourth-order valence-corrected chi connectivity index (χ4v) is 3.99. The van der Waals surface area contributed by atoms with E-state index < -0.39 is 0 Å². The Hall–Kier alpha value is -3.85. The number of anilines is 1. The Labute approximate surface area is 183 Å². The number of para-hydroxylation sites is 1. The molecule has 4 aromatic rings.